The number of aliphatic hydroxyl groups excluding tert-OH is 1. The van der Waals surface area contributed by atoms with E-state index in [1.807, 2.05) is 0 Å². The largest absolute Gasteiger partial charge is 0.390 e. The summed E-state index contributed by atoms with van der Waals surface area (Å²) < 4.78 is 27.2. The molecule has 26 heavy (non-hydrogen) atoms. The number of nitro benzene ring substituents is 1. The fraction of sp³-hybridized carbons (Fsp3) is 0.294. The Morgan fingerprint density at radius 2 is 1.62 bits per heavy atom. The molecular weight excluding hydrogens is 358 g/mol. The number of likely N-dealkylation sites (N-methyl/N-ethyl adjacent to an activating group) is 1. The van der Waals surface area contributed by atoms with Crippen molar-refractivity contribution in [1.29, 1.82) is 0 Å². The van der Waals surface area contributed by atoms with Crippen molar-refractivity contribution in [2.45, 2.75) is 11.0 Å². The SMILES string of the molecule is CN(C)C[C@@H](O)CN(c1ccccc1)S(=O)(=O)c1ccc([N+](=O)[O-])cc1. The van der Waals surface area contributed by atoms with Gasteiger partial charge in [0.2, 0.25) is 0 Å². The van der Waals surface area contributed by atoms with E-state index in [1.165, 1.54) is 12.1 Å². The molecule has 9 heteroatoms. The molecule has 140 valence electrons. The average molecular weight is 379 g/mol. The van der Waals surface area contributed by atoms with Gasteiger partial charge in [0.1, 0.15) is 0 Å². The van der Waals surface area contributed by atoms with Gasteiger partial charge in [0.25, 0.3) is 15.7 Å². The summed E-state index contributed by atoms with van der Waals surface area (Å²) >= 11 is 0. The van der Waals surface area contributed by atoms with E-state index in [-0.39, 0.29) is 17.1 Å². The lowest BCUT2D eigenvalue weighted by molar-refractivity contribution is -0.384. The van der Waals surface area contributed by atoms with Crippen LogP contribution in [0.1, 0.15) is 0 Å². The Balaban J connectivity index is 2.40. The summed E-state index contributed by atoms with van der Waals surface area (Å²) in [6, 6.07) is 13.1. The number of hydrogen-bond acceptors (Lipinski definition) is 6. The zero-order valence-corrected chi connectivity index (χ0v) is 15.3. The van der Waals surface area contributed by atoms with Gasteiger partial charge >= 0.3 is 0 Å². The molecule has 1 atom stereocenters. The minimum Gasteiger partial charge on any atom is -0.390 e. The van der Waals surface area contributed by atoms with Crippen molar-refractivity contribution in [1.82, 2.24) is 4.90 Å². The highest BCUT2D eigenvalue weighted by Crippen LogP contribution is 2.25. The average Bonchev–Trinajstić information content (AvgIpc) is 2.59. The van der Waals surface area contributed by atoms with Gasteiger partial charge in [0.15, 0.2) is 0 Å². The third kappa shape index (κ3) is 4.78. The van der Waals surface area contributed by atoms with Crippen molar-refractivity contribution >= 4 is 21.4 Å². The number of aliphatic hydroxyl groups is 1. The summed E-state index contributed by atoms with van der Waals surface area (Å²) in [6.07, 6.45) is -0.905. The number of non-ortho nitro benzene ring substituents is 1. The predicted octanol–water partition coefficient (Wildman–Crippen LogP) is 1.71. The Morgan fingerprint density at radius 1 is 1.04 bits per heavy atom. The van der Waals surface area contributed by atoms with Crippen LogP contribution in [0.3, 0.4) is 0 Å². The van der Waals surface area contributed by atoms with E-state index < -0.39 is 21.1 Å². The molecule has 0 aliphatic heterocycles. The number of hydrogen-bond donors (Lipinski definition) is 1. The van der Waals surface area contributed by atoms with E-state index in [4.69, 9.17) is 0 Å². The zero-order valence-electron chi connectivity index (χ0n) is 14.5. The molecule has 8 nitrogen and oxygen atoms in total. The predicted molar refractivity (Wildman–Crippen MR) is 98.6 cm³/mol. The fourth-order valence-electron chi connectivity index (χ4n) is 2.47. The van der Waals surface area contributed by atoms with Gasteiger partial charge in [-0.25, -0.2) is 8.42 Å². The Hall–Kier alpha value is -2.49. The fourth-order valence-corrected chi connectivity index (χ4v) is 3.98. The second kappa shape index (κ2) is 8.26. The molecule has 0 bridgehead atoms. The molecule has 0 unspecified atom stereocenters. The summed E-state index contributed by atoms with van der Waals surface area (Å²) in [7, 11) is -0.438. The maximum absolute atomic E-state index is 13.1. The standard InChI is InChI=1S/C17H21N3O5S/c1-18(2)12-16(21)13-19(14-6-4-3-5-7-14)26(24,25)17-10-8-15(9-11-17)20(22)23/h3-11,16,21H,12-13H2,1-2H3/t16-/m1/s1. The van der Waals surface area contributed by atoms with Crippen LogP contribution in [0.5, 0.6) is 0 Å². The van der Waals surface area contributed by atoms with Gasteiger partial charge in [-0.05, 0) is 38.4 Å². The van der Waals surface area contributed by atoms with E-state index in [0.29, 0.717) is 12.2 Å². The number of sulfonamides is 1. The molecule has 0 aliphatic rings. The minimum atomic E-state index is -4.00. The van der Waals surface area contributed by atoms with Crippen LogP contribution in [0.4, 0.5) is 11.4 Å². The number of rotatable bonds is 8. The topological polar surface area (TPSA) is 104 Å². The van der Waals surface area contributed by atoms with Crippen molar-refractivity contribution in [3.63, 3.8) is 0 Å². The molecule has 0 fully saturated rings. The molecule has 0 heterocycles. The maximum Gasteiger partial charge on any atom is 0.269 e. The molecule has 0 saturated carbocycles. The smallest absolute Gasteiger partial charge is 0.269 e. The lowest BCUT2D eigenvalue weighted by atomic mass is 10.3. The lowest BCUT2D eigenvalue weighted by Gasteiger charge is -2.28. The molecule has 2 aromatic rings. The first kappa shape index (κ1) is 19.8. The van der Waals surface area contributed by atoms with Gasteiger partial charge in [-0.15, -0.1) is 0 Å². The highest BCUT2D eigenvalue weighted by molar-refractivity contribution is 7.92. The summed E-state index contributed by atoms with van der Waals surface area (Å²) in [4.78, 5) is 11.9. The molecule has 0 amide bonds. The van der Waals surface area contributed by atoms with Crippen LogP contribution in [-0.4, -0.2) is 56.6 Å². The summed E-state index contributed by atoms with van der Waals surface area (Å²) in [5, 5.41) is 21.0. The third-order valence-electron chi connectivity index (χ3n) is 3.63. The van der Waals surface area contributed by atoms with E-state index in [2.05, 4.69) is 0 Å². The van der Waals surface area contributed by atoms with Gasteiger partial charge in [-0.3, -0.25) is 14.4 Å². The van der Waals surface area contributed by atoms with Crippen LogP contribution in [0.15, 0.2) is 59.5 Å². The number of para-hydroxylation sites is 1. The second-order valence-electron chi connectivity index (χ2n) is 6.04. The third-order valence-corrected chi connectivity index (χ3v) is 5.44. The number of nitrogens with zero attached hydrogens (tertiary/aromatic N) is 3. The molecule has 0 radical (unpaired) electrons. The molecule has 0 aliphatic carbocycles. The first-order chi connectivity index (χ1) is 12.2. The van der Waals surface area contributed by atoms with Crippen molar-refractivity contribution in [3.8, 4) is 0 Å². The van der Waals surface area contributed by atoms with Crippen molar-refractivity contribution in [3.05, 3.63) is 64.7 Å². The molecule has 2 rings (SSSR count). The van der Waals surface area contributed by atoms with Gasteiger partial charge in [-0.2, -0.15) is 0 Å². The molecule has 2 aromatic carbocycles. The van der Waals surface area contributed by atoms with E-state index in [1.54, 1.807) is 49.3 Å². The number of anilines is 1. The first-order valence-electron chi connectivity index (χ1n) is 7.87. The van der Waals surface area contributed by atoms with Crippen LogP contribution in [0.25, 0.3) is 0 Å². The Kier molecular flexibility index (Phi) is 6.30. The van der Waals surface area contributed by atoms with Crippen molar-refractivity contribution in [2.24, 2.45) is 0 Å². The summed E-state index contributed by atoms with van der Waals surface area (Å²) in [6.45, 7) is 0.153. The van der Waals surface area contributed by atoms with Crippen molar-refractivity contribution in [2.75, 3.05) is 31.5 Å². The molecule has 0 spiro atoms. The Bertz CT molecular complexity index is 838. The van der Waals surface area contributed by atoms with Gasteiger partial charge < -0.3 is 10.0 Å². The van der Waals surface area contributed by atoms with E-state index in [0.717, 1.165) is 16.4 Å². The van der Waals surface area contributed by atoms with Crippen LogP contribution in [-0.2, 0) is 10.0 Å². The normalized spacial score (nSPS) is 12.8. The quantitative estimate of drug-likeness (QED) is 0.553. The Morgan fingerprint density at radius 3 is 2.12 bits per heavy atom. The second-order valence-corrected chi connectivity index (χ2v) is 7.90. The van der Waals surface area contributed by atoms with Crippen LogP contribution < -0.4 is 4.31 Å². The monoisotopic (exact) mass is 379 g/mol. The van der Waals surface area contributed by atoms with Crippen LogP contribution in [0.2, 0.25) is 0 Å². The number of nitro groups is 1. The van der Waals surface area contributed by atoms with Gasteiger partial charge in [0.05, 0.1) is 28.2 Å². The number of benzene rings is 2. The minimum absolute atomic E-state index is 0.0796. The molecule has 0 aromatic heterocycles. The van der Waals surface area contributed by atoms with Crippen LogP contribution >= 0.6 is 0 Å². The van der Waals surface area contributed by atoms with Gasteiger partial charge in [0, 0.05) is 18.7 Å². The lowest BCUT2D eigenvalue weighted by Crippen LogP contribution is -2.41. The summed E-state index contributed by atoms with van der Waals surface area (Å²) in [5.74, 6) is 0. The highest BCUT2D eigenvalue weighted by Gasteiger charge is 2.27. The molecular formula is C17H21N3O5S. The maximum atomic E-state index is 13.1. The van der Waals surface area contributed by atoms with E-state index >= 15 is 0 Å². The van der Waals surface area contributed by atoms with Gasteiger partial charge in [-0.1, -0.05) is 18.2 Å². The van der Waals surface area contributed by atoms with Crippen molar-refractivity contribution < 1.29 is 18.4 Å². The Labute approximate surface area is 152 Å². The zero-order chi connectivity index (χ0) is 19.3. The summed E-state index contributed by atoms with van der Waals surface area (Å²) in [5.41, 5.74) is 0.214. The molecule has 1 N–H and O–H groups in total. The molecule has 0 saturated heterocycles. The van der Waals surface area contributed by atoms with Crippen LogP contribution in [0, 0.1) is 10.1 Å². The van der Waals surface area contributed by atoms with E-state index in [9.17, 15) is 23.6 Å². The first-order valence-corrected chi connectivity index (χ1v) is 9.31. The highest BCUT2D eigenvalue weighted by atomic mass is 32.2.